The molecule has 6 heteroatoms. The van der Waals surface area contributed by atoms with Crippen LogP contribution in [0.5, 0.6) is 0 Å². The van der Waals surface area contributed by atoms with Crippen molar-refractivity contribution in [3.05, 3.63) is 36.5 Å². The fraction of sp³-hybridized carbons (Fsp3) is 0.843. The Hall–Kier alpha value is -1.92. The molecule has 0 aliphatic carbocycles. The van der Waals surface area contributed by atoms with Crippen LogP contribution in [0.1, 0.15) is 252 Å². The minimum absolute atomic E-state index is 0.0742. The number of allylic oxidation sites excluding steroid dienone is 6. The summed E-state index contributed by atoms with van der Waals surface area (Å²) in [6.07, 6.45) is 52.1. The molecule has 0 aromatic rings. The van der Waals surface area contributed by atoms with Crippen LogP contribution in [0.3, 0.4) is 0 Å². The normalized spacial score (nSPS) is 13.6. The molecule has 0 aliphatic heterocycles. The fourth-order valence-electron chi connectivity index (χ4n) is 7.50. The van der Waals surface area contributed by atoms with Gasteiger partial charge in [0.15, 0.2) is 0 Å². The maximum atomic E-state index is 13.1. The van der Waals surface area contributed by atoms with E-state index in [1.165, 1.54) is 128 Å². The Labute approximate surface area is 353 Å². The van der Waals surface area contributed by atoms with Crippen molar-refractivity contribution in [3.8, 4) is 0 Å². The molecule has 0 saturated carbocycles. The van der Waals surface area contributed by atoms with E-state index in [9.17, 15) is 19.8 Å². The van der Waals surface area contributed by atoms with E-state index in [-0.39, 0.29) is 24.9 Å². The van der Waals surface area contributed by atoms with E-state index in [0.717, 1.165) is 77.0 Å². The maximum Gasteiger partial charge on any atom is 0.306 e. The molecule has 0 heterocycles. The van der Waals surface area contributed by atoms with Crippen molar-refractivity contribution in [2.75, 3.05) is 6.61 Å². The van der Waals surface area contributed by atoms with Crippen LogP contribution in [-0.2, 0) is 14.3 Å². The van der Waals surface area contributed by atoms with E-state index in [4.69, 9.17) is 4.74 Å². The lowest BCUT2D eigenvalue weighted by molar-refractivity contribution is -0.151. The molecule has 0 aliphatic rings. The average molecular weight is 802 g/mol. The number of hydrogen-bond donors (Lipinski definition) is 3. The Morgan fingerprint density at radius 2 is 0.947 bits per heavy atom. The van der Waals surface area contributed by atoms with Crippen LogP contribution >= 0.6 is 0 Å². The molecule has 0 radical (unpaired) electrons. The molecule has 0 bridgehead atoms. The highest BCUT2D eigenvalue weighted by atomic mass is 16.5. The Balaban J connectivity index is 4.38. The summed E-state index contributed by atoms with van der Waals surface area (Å²) < 4.78 is 5.89. The molecule has 6 nitrogen and oxygen atoms in total. The summed E-state index contributed by atoms with van der Waals surface area (Å²) in [7, 11) is 0. The SMILES string of the molecule is CC/C=C/C/C=C/C/C=C/CCCCCCCCC(=O)OC(CCCCCCCCC)CC(=O)NC(CO)C(O)CCCCCCCCCCCCCCCCC. The third-order valence-corrected chi connectivity index (χ3v) is 11.2. The highest BCUT2D eigenvalue weighted by Gasteiger charge is 2.24. The van der Waals surface area contributed by atoms with Gasteiger partial charge in [-0.25, -0.2) is 0 Å². The molecule has 334 valence electrons. The van der Waals surface area contributed by atoms with Crippen LogP contribution in [0.4, 0.5) is 0 Å². The monoisotopic (exact) mass is 802 g/mol. The average Bonchev–Trinajstić information content (AvgIpc) is 3.20. The first-order valence-electron chi connectivity index (χ1n) is 24.7. The van der Waals surface area contributed by atoms with E-state index in [0.29, 0.717) is 19.3 Å². The first-order valence-corrected chi connectivity index (χ1v) is 24.7. The van der Waals surface area contributed by atoms with Gasteiger partial charge >= 0.3 is 5.97 Å². The summed E-state index contributed by atoms with van der Waals surface area (Å²) >= 11 is 0. The number of rotatable bonds is 44. The first kappa shape index (κ1) is 55.1. The second kappa shape index (κ2) is 45.2. The topological polar surface area (TPSA) is 95.9 Å². The van der Waals surface area contributed by atoms with Crippen molar-refractivity contribution in [3.63, 3.8) is 0 Å². The molecule has 0 spiro atoms. The van der Waals surface area contributed by atoms with Crippen molar-refractivity contribution in [1.29, 1.82) is 0 Å². The van der Waals surface area contributed by atoms with Crippen LogP contribution < -0.4 is 5.32 Å². The lowest BCUT2D eigenvalue weighted by Gasteiger charge is -2.24. The summed E-state index contributed by atoms with van der Waals surface area (Å²) in [5.41, 5.74) is 0. The zero-order valence-electron chi connectivity index (χ0n) is 38.0. The zero-order valence-corrected chi connectivity index (χ0v) is 38.0. The quantitative estimate of drug-likeness (QED) is 0.0324. The predicted octanol–water partition coefficient (Wildman–Crippen LogP) is 14.5. The summed E-state index contributed by atoms with van der Waals surface area (Å²) in [4.78, 5) is 26.0. The zero-order chi connectivity index (χ0) is 41.7. The van der Waals surface area contributed by atoms with Gasteiger partial charge in [0.2, 0.25) is 5.91 Å². The molecule has 3 unspecified atom stereocenters. The van der Waals surface area contributed by atoms with Crippen LogP contribution in [0.2, 0.25) is 0 Å². The van der Waals surface area contributed by atoms with E-state index in [2.05, 4.69) is 62.5 Å². The molecule has 3 atom stereocenters. The smallest absolute Gasteiger partial charge is 0.306 e. The highest BCUT2D eigenvalue weighted by molar-refractivity contribution is 5.77. The number of aliphatic hydroxyl groups is 2. The van der Waals surface area contributed by atoms with Gasteiger partial charge in [-0.05, 0) is 57.8 Å². The Morgan fingerprint density at radius 1 is 0.526 bits per heavy atom. The number of aliphatic hydroxyl groups excluding tert-OH is 2. The van der Waals surface area contributed by atoms with Crippen molar-refractivity contribution >= 4 is 11.9 Å². The third kappa shape index (κ3) is 40.6. The van der Waals surface area contributed by atoms with Crippen LogP contribution in [0.25, 0.3) is 0 Å². The van der Waals surface area contributed by atoms with Crippen LogP contribution in [0.15, 0.2) is 36.5 Å². The Bertz CT molecular complexity index is 946. The first-order chi connectivity index (χ1) is 28.0. The molecule has 0 aromatic carbocycles. The van der Waals surface area contributed by atoms with Gasteiger partial charge in [-0.2, -0.15) is 0 Å². The Morgan fingerprint density at radius 3 is 1.44 bits per heavy atom. The molecule has 0 rings (SSSR count). The minimum Gasteiger partial charge on any atom is -0.462 e. The van der Waals surface area contributed by atoms with Crippen molar-refractivity contribution in [2.45, 2.75) is 270 Å². The molecule has 1 amide bonds. The number of amides is 1. The largest absolute Gasteiger partial charge is 0.462 e. The third-order valence-electron chi connectivity index (χ3n) is 11.2. The molecular formula is C51H95NO5. The van der Waals surface area contributed by atoms with E-state index < -0.39 is 18.2 Å². The number of hydrogen-bond acceptors (Lipinski definition) is 5. The van der Waals surface area contributed by atoms with Gasteiger partial charge in [0, 0.05) is 6.42 Å². The van der Waals surface area contributed by atoms with Gasteiger partial charge in [0.25, 0.3) is 0 Å². The van der Waals surface area contributed by atoms with Gasteiger partial charge in [-0.1, -0.05) is 218 Å². The molecule has 0 saturated heterocycles. The number of esters is 1. The van der Waals surface area contributed by atoms with Crippen molar-refractivity contribution < 1.29 is 24.5 Å². The fourth-order valence-corrected chi connectivity index (χ4v) is 7.50. The summed E-state index contributed by atoms with van der Waals surface area (Å²) in [6.45, 7) is 6.35. The number of ether oxygens (including phenoxy) is 1. The summed E-state index contributed by atoms with van der Waals surface area (Å²) in [5, 5.41) is 23.7. The molecular weight excluding hydrogens is 707 g/mol. The lowest BCUT2D eigenvalue weighted by atomic mass is 10.0. The number of nitrogens with one attached hydrogen (secondary N) is 1. The van der Waals surface area contributed by atoms with Gasteiger partial charge in [-0.15, -0.1) is 0 Å². The van der Waals surface area contributed by atoms with Crippen LogP contribution in [-0.4, -0.2) is 46.9 Å². The van der Waals surface area contributed by atoms with Crippen molar-refractivity contribution in [2.24, 2.45) is 0 Å². The molecule has 0 aromatic heterocycles. The molecule has 57 heavy (non-hydrogen) atoms. The van der Waals surface area contributed by atoms with Crippen molar-refractivity contribution in [1.82, 2.24) is 5.32 Å². The molecule has 3 N–H and O–H groups in total. The molecule has 0 fully saturated rings. The summed E-state index contributed by atoms with van der Waals surface area (Å²) in [5.74, 6) is -0.486. The van der Waals surface area contributed by atoms with Gasteiger partial charge < -0.3 is 20.3 Å². The standard InChI is InChI=1S/C51H95NO5/c1-4-7-10-13-16-18-20-22-24-26-28-30-32-35-38-41-44-51(56)57-47(42-39-36-33-15-12-9-6-3)45-50(55)52-48(46-53)49(54)43-40-37-34-31-29-27-25-23-21-19-17-14-11-8-5-2/h7,10,16,18,22,24,47-49,53-54H,4-6,8-9,11-15,17,19-21,23,25-46H2,1-3H3,(H,52,55)/b10-7+,18-16+,24-22+. The number of carbonyl (C=O) groups is 2. The second-order valence-electron chi connectivity index (χ2n) is 16.8. The number of carbonyl (C=O) groups excluding carboxylic acids is 2. The highest BCUT2D eigenvalue weighted by Crippen LogP contribution is 2.18. The van der Waals surface area contributed by atoms with E-state index >= 15 is 0 Å². The Kier molecular flexibility index (Phi) is 43.6. The van der Waals surface area contributed by atoms with E-state index in [1.54, 1.807) is 0 Å². The van der Waals surface area contributed by atoms with E-state index in [1.807, 2.05) is 0 Å². The lowest BCUT2D eigenvalue weighted by Crippen LogP contribution is -2.46. The second-order valence-corrected chi connectivity index (χ2v) is 16.8. The van der Waals surface area contributed by atoms with Gasteiger partial charge in [0.1, 0.15) is 6.10 Å². The minimum atomic E-state index is -0.785. The number of unbranched alkanes of at least 4 members (excludes halogenated alkanes) is 26. The maximum absolute atomic E-state index is 13.1. The summed E-state index contributed by atoms with van der Waals surface area (Å²) in [6, 6.07) is -0.699. The predicted molar refractivity (Wildman–Crippen MR) is 246 cm³/mol. The van der Waals surface area contributed by atoms with Crippen LogP contribution in [0, 0.1) is 0 Å². The van der Waals surface area contributed by atoms with Gasteiger partial charge in [-0.3, -0.25) is 9.59 Å². The van der Waals surface area contributed by atoms with Gasteiger partial charge in [0.05, 0.1) is 25.2 Å².